The molecule has 1 rings (SSSR count). The standard InChI is InChI=1S/C79H138N20O21/c1-39(2)35-48(85-57(106)43(9)83-56(105)44(10)84-65(114)73(14,15)91-45(11)101)60(109)94-74(16,17)66(115)89-47(31-33-53(81)103)59(108)93-75(18,19)68(117)90-55(42(7)8)63(112)96-72(12,13)64(113)82-37-54(104)92-77(22,23)69(118)98-79(26,27)71(120)99-34-28-29-51(99)62(111)86-49(36-40(3)4)61(110)95-78(24,25)70(119)97-76(20,21)67(116)88-46(30-32-52(80)102)58(107)87-50(38-100)41(5)6/h39-44,46-51,55,100H,28-38H2,1-27H3,(H2,80,102)(H2,81,103)(H,82,113)(H,83,105)(H,84,114)(H,85,106)(H,86,111)(H,87,107)(H,88,116)(H,89,115)(H,90,117)(H,91,101)(H,92,104)(H,93,108)(H,94,109)(H,95,110)(H,96,112)(H,97,119)(H,98,118). The summed E-state index contributed by atoms with van der Waals surface area (Å²) in [6.45, 7) is 37.9. The number of hydrogen-bond acceptors (Lipinski definition) is 21. The zero-order chi connectivity index (χ0) is 93.4. The molecule has 1 saturated heterocycles. The van der Waals surface area contributed by atoms with E-state index in [1.54, 1.807) is 55.4 Å². The van der Waals surface area contributed by atoms with Crippen molar-refractivity contribution >= 4 is 118 Å². The van der Waals surface area contributed by atoms with Crippen molar-refractivity contribution in [2.45, 2.75) is 337 Å². The molecule has 41 heteroatoms. The maximum Gasteiger partial charge on any atom is 0.248 e. The van der Waals surface area contributed by atoms with E-state index < -0.39 is 249 Å². The van der Waals surface area contributed by atoms with Gasteiger partial charge in [-0.05, 0) is 187 Å². The van der Waals surface area contributed by atoms with Gasteiger partial charge in [0.1, 0.15) is 92.6 Å². The molecule has 1 aliphatic heterocycles. The van der Waals surface area contributed by atoms with Crippen molar-refractivity contribution in [3.05, 3.63) is 0 Å². The average molecular weight is 1700 g/mol. The van der Waals surface area contributed by atoms with Crippen LogP contribution in [0.25, 0.3) is 0 Å². The Morgan fingerprint density at radius 2 is 0.742 bits per heavy atom. The molecule has 120 heavy (non-hydrogen) atoms. The molecule has 0 spiro atoms. The number of amides is 20. The zero-order valence-electron chi connectivity index (χ0n) is 75.0. The van der Waals surface area contributed by atoms with Gasteiger partial charge in [-0.25, -0.2) is 0 Å². The molecule has 0 aliphatic carbocycles. The third-order valence-electron chi connectivity index (χ3n) is 19.6. The van der Waals surface area contributed by atoms with E-state index in [1.807, 2.05) is 0 Å². The lowest BCUT2D eigenvalue weighted by molar-refractivity contribution is -0.146. The minimum Gasteiger partial charge on any atom is -0.394 e. The van der Waals surface area contributed by atoms with Crippen LogP contribution in [0.5, 0.6) is 0 Å². The second kappa shape index (κ2) is 44.6. The first-order valence-corrected chi connectivity index (χ1v) is 40.3. The van der Waals surface area contributed by atoms with Crippen LogP contribution >= 0.6 is 0 Å². The van der Waals surface area contributed by atoms with Gasteiger partial charge in [-0.1, -0.05) is 55.4 Å². The van der Waals surface area contributed by atoms with Gasteiger partial charge < -0.3 is 112 Å². The quantitative estimate of drug-likeness (QED) is 0.0277. The lowest BCUT2D eigenvalue weighted by atomic mass is 9.96. The van der Waals surface area contributed by atoms with Crippen LogP contribution < -0.4 is 102 Å². The first-order chi connectivity index (χ1) is 54.5. The summed E-state index contributed by atoms with van der Waals surface area (Å²) in [7, 11) is 0. The molecular formula is C79H138N20O21. The first kappa shape index (κ1) is 107. The minimum atomic E-state index is -1.89. The molecule has 0 aromatic carbocycles. The van der Waals surface area contributed by atoms with Crippen LogP contribution in [-0.4, -0.2) is 247 Å². The highest BCUT2D eigenvalue weighted by atomic mass is 16.3. The maximum atomic E-state index is 14.4. The number of carbonyl (C=O) groups excluding carboxylic acids is 20. The Hall–Kier alpha value is -10.6. The van der Waals surface area contributed by atoms with E-state index in [0.29, 0.717) is 6.42 Å². The second-order valence-corrected chi connectivity index (χ2v) is 36.5. The van der Waals surface area contributed by atoms with Crippen molar-refractivity contribution in [3.63, 3.8) is 0 Å². The van der Waals surface area contributed by atoms with Crippen LogP contribution in [0.3, 0.4) is 0 Å². The van der Waals surface area contributed by atoms with Crippen molar-refractivity contribution in [3.8, 4) is 0 Å². The summed E-state index contributed by atoms with van der Waals surface area (Å²) in [6.07, 6.45) is -0.752. The van der Waals surface area contributed by atoms with Gasteiger partial charge in [-0.3, -0.25) is 95.9 Å². The fourth-order valence-corrected chi connectivity index (χ4v) is 11.9. The van der Waals surface area contributed by atoms with Crippen LogP contribution in [0.1, 0.15) is 238 Å². The Balaban J connectivity index is 3.17. The molecule has 20 amide bonds. The summed E-state index contributed by atoms with van der Waals surface area (Å²) in [6, 6.07) is -11.1. The topological polar surface area (TPSA) is 621 Å². The number of aliphatic hydroxyl groups excluding tert-OH is 1. The lowest BCUT2D eigenvalue weighted by Gasteiger charge is -2.36. The highest BCUT2D eigenvalue weighted by Gasteiger charge is 2.47. The molecule has 41 nitrogen and oxygen atoms in total. The van der Waals surface area contributed by atoms with E-state index in [-0.39, 0.29) is 56.4 Å². The molecule has 680 valence electrons. The highest BCUT2D eigenvalue weighted by molar-refractivity contribution is 6.04. The first-order valence-electron chi connectivity index (χ1n) is 40.3. The zero-order valence-corrected chi connectivity index (χ0v) is 75.0. The average Bonchev–Trinajstić information content (AvgIpc) is 1.61. The predicted molar refractivity (Wildman–Crippen MR) is 441 cm³/mol. The van der Waals surface area contributed by atoms with Gasteiger partial charge in [-0.2, -0.15) is 0 Å². The van der Waals surface area contributed by atoms with Gasteiger partial charge in [0.05, 0.1) is 19.2 Å². The van der Waals surface area contributed by atoms with E-state index in [4.69, 9.17) is 11.5 Å². The van der Waals surface area contributed by atoms with Crippen LogP contribution in [0.15, 0.2) is 0 Å². The maximum absolute atomic E-state index is 14.4. The Kier molecular flexibility index (Phi) is 39.9. The van der Waals surface area contributed by atoms with Crippen molar-refractivity contribution < 1.29 is 101 Å². The normalized spacial score (nSPS) is 15.5. The van der Waals surface area contributed by atoms with Gasteiger partial charge in [0.25, 0.3) is 0 Å². The summed E-state index contributed by atoms with van der Waals surface area (Å²) in [5.41, 5.74) is -3.14. The van der Waals surface area contributed by atoms with Crippen LogP contribution in [0, 0.1) is 23.7 Å². The Morgan fingerprint density at radius 3 is 1.18 bits per heavy atom. The fourth-order valence-electron chi connectivity index (χ4n) is 11.9. The van der Waals surface area contributed by atoms with Crippen LogP contribution in [-0.2, 0) is 95.9 Å². The molecule has 0 bridgehead atoms. The van der Waals surface area contributed by atoms with Gasteiger partial charge in [0.15, 0.2) is 0 Å². The molecule has 0 aromatic rings. The summed E-state index contributed by atoms with van der Waals surface area (Å²) in [5.74, 6) is -17.6. The number of nitrogens with two attached hydrogens (primary N) is 2. The van der Waals surface area contributed by atoms with Crippen LogP contribution in [0.2, 0.25) is 0 Å². The largest absolute Gasteiger partial charge is 0.394 e. The molecule has 1 aliphatic rings. The molecule has 1 fully saturated rings. The third kappa shape index (κ3) is 34.2. The number of aliphatic hydroxyl groups is 1. The number of nitrogens with one attached hydrogen (secondary N) is 17. The molecule has 9 atom stereocenters. The van der Waals surface area contributed by atoms with E-state index in [1.165, 1.54) is 136 Å². The van der Waals surface area contributed by atoms with Gasteiger partial charge in [-0.15, -0.1) is 0 Å². The monoisotopic (exact) mass is 1700 g/mol. The number of rotatable bonds is 47. The van der Waals surface area contributed by atoms with Crippen molar-refractivity contribution in [2.75, 3.05) is 19.7 Å². The summed E-state index contributed by atoms with van der Waals surface area (Å²) in [4.78, 5) is 271. The lowest BCUT2D eigenvalue weighted by Crippen LogP contribution is -2.66. The highest BCUT2D eigenvalue weighted by Crippen LogP contribution is 2.25. The van der Waals surface area contributed by atoms with Crippen LogP contribution in [0.4, 0.5) is 0 Å². The second-order valence-electron chi connectivity index (χ2n) is 36.5. The predicted octanol–water partition coefficient (Wildman–Crippen LogP) is -3.88. The minimum absolute atomic E-state index is 0.0372. The van der Waals surface area contributed by atoms with Gasteiger partial charge in [0.2, 0.25) is 118 Å². The fraction of sp³-hybridized carbons (Fsp3) is 0.747. The van der Waals surface area contributed by atoms with Crippen molar-refractivity contribution in [2.24, 2.45) is 35.1 Å². The third-order valence-corrected chi connectivity index (χ3v) is 19.6. The van der Waals surface area contributed by atoms with Gasteiger partial charge in [0, 0.05) is 26.3 Å². The number of hydrogen-bond donors (Lipinski definition) is 20. The Labute approximate surface area is 703 Å². The van der Waals surface area contributed by atoms with Gasteiger partial charge >= 0.3 is 0 Å². The summed E-state index contributed by atoms with van der Waals surface area (Å²) in [5, 5.41) is 53.2. The number of primary amides is 2. The molecular weight excluding hydrogens is 1560 g/mol. The molecule has 22 N–H and O–H groups in total. The molecule has 1 heterocycles. The SMILES string of the molecule is CC(=O)NC(C)(C)C(=O)NC(C)C(=O)NC(C)C(=O)NC(CC(C)C)C(=O)NC(C)(C)C(=O)NC(CCC(N)=O)C(=O)NC(C)(C)C(=O)NC(C(=O)NC(C)(C)C(=O)NCC(=O)NC(C)(C)C(=O)NC(C)(C)C(=O)N1CCCC1C(=O)NC(CC(C)C)C(=O)NC(C)(C)C(=O)NC(C)(C)C(=O)NC(CCC(N)=O)C(=O)NC(CO)C(C)C)C(C)C. The molecule has 0 saturated carbocycles. The molecule has 0 radical (unpaired) electrons. The van der Waals surface area contributed by atoms with Crippen molar-refractivity contribution in [1.29, 1.82) is 0 Å². The van der Waals surface area contributed by atoms with Crippen molar-refractivity contribution in [1.82, 2.24) is 95.3 Å². The molecule has 0 aromatic heterocycles. The van der Waals surface area contributed by atoms with E-state index in [2.05, 4.69) is 90.4 Å². The van der Waals surface area contributed by atoms with E-state index in [0.717, 1.165) is 0 Å². The smallest absolute Gasteiger partial charge is 0.248 e. The number of nitrogens with zero attached hydrogens (tertiary/aromatic N) is 1. The summed E-state index contributed by atoms with van der Waals surface area (Å²) >= 11 is 0. The Morgan fingerprint density at radius 1 is 0.375 bits per heavy atom. The number of carbonyl (C=O) groups is 20. The van der Waals surface area contributed by atoms with E-state index in [9.17, 15) is 101 Å². The molecule has 9 unspecified atom stereocenters. The number of likely N-dealkylation sites (tertiary alicyclic amines) is 1. The van der Waals surface area contributed by atoms with E-state index >= 15 is 0 Å². The Bertz CT molecular complexity index is 3790. The summed E-state index contributed by atoms with van der Waals surface area (Å²) < 4.78 is 0.